The Hall–Kier alpha value is -0.0400. The van der Waals surface area contributed by atoms with Crippen molar-refractivity contribution in [2.45, 2.75) is 41.0 Å². The molecule has 0 aromatic carbocycles. The molecule has 1 fully saturated rings. The molecule has 1 unspecified atom stereocenters. The van der Waals surface area contributed by atoms with Gasteiger partial charge in [-0.25, -0.2) is 0 Å². The number of nitrogens with zero attached hydrogens (tertiary/aromatic N) is 1. The normalized spacial score (nSPS) is 26.2. The first-order chi connectivity index (χ1) is 4.29. The first kappa shape index (κ1) is 13.5. The second-order valence-electron chi connectivity index (χ2n) is 3.34. The summed E-state index contributed by atoms with van der Waals surface area (Å²) in [5, 5.41) is 0. The standard InChI is InChI=1S/C8H17N.2CH4/c1-8-4-3-6-9(2)7-5-8;;/h8H,3-7H2,1-2H3;2*1H4. The molecule has 1 aliphatic rings. The smallest absolute Gasteiger partial charge is 0.00192 e. The molecule has 0 aromatic rings. The van der Waals surface area contributed by atoms with Crippen LogP contribution in [0.2, 0.25) is 0 Å². The molecule has 0 aliphatic carbocycles. The zero-order valence-corrected chi connectivity index (χ0v) is 6.56. The Morgan fingerprint density at radius 3 is 2.36 bits per heavy atom. The fourth-order valence-corrected chi connectivity index (χ4v) is 1.41. The molecule has 0 aromatic heterocycles. The van der Waals surface area contributed by atoms with Gasteiger partial charge in [0.05, 0.1) is 0 Å². The van der Waals surface area contributed by atoms with Crippen LogP contribution >= 0.6 is 0 Å². The topological polar surface area (TPSA) is 3.24 Å². The molecular weight excluding hydrogens is 134 g/mol. The van der Waals surface area contributed by atoms with Crippen LogP contribution in [0.15, 0.2) is 0 Å². The Morgan fingerprint density at radius 1 is 1.09 bits per heavy atom. The maximum atomic E-state index is 2.43. The van der Waals surface area contributed by atoms with Gasteiger partial charge in [0.2, 0.25) is 0 Å². The van der Waals surface area contributed by atoms with Crippen LogP contribution in [0.1, 0.15) is 41.0 Å². The summed E-state index contributed by atoms with van der Waals surface area (Å²) in [4.78, 5) is 2.43. The first-order valence-electron chi connectivity index (χ1n) is 3.97. The molecule has 0 spiro atoms. The van der Waals surface area contributed by atoms with E-state index < -0.39 is 0 Å². The fraction of sp³-hybridized carbons (Fsp3) is 1.00. The van der Waals surface area contributed by atoms with Gasteiger partial charge >= 0.3 is 0 Å². The first-order valence-corrected chi connectivity index (χ1v) is 3.97. The highest BCUT2D eigenvalue weighted by atomic mass is 15.1. The van der Waals surface area contributed by atoms with Gasteiger partial charge in [-0.2, -0.15) is 0 Å². The maximum Gasteiger partial charge on any atom is -0.00192 e. The van der Waals surface area contributed by atoms with Gasteiger partial charge in [-0.05, 0) is 45.3 Å². The second kappa shape index (κ2) is 6.66. The van der Waals surface area contributed by atoms with Crippen molar-refractivity contribution in [3.8, 4) is 0 Å². The summed E-state index contributed by atoms with van der Waals surface area (Å²) >= 11 is 0. The van der Waals surface area contributed by atoms with Crippen LogP contribution in [0, 0.1) is 5.92 Å². The lowest BCUT2D eigenvalue weighted by molar-refractivity contribution is 0.344. The molecule has 1 heterocycles. The molecular formula is C10H25N. The minimum absolute atomic E-state index is 0. The van der Waals surface area contributed by atoms with Gasteiger partial charge in [0.25, 0.3) is 0 Å². The fourth-order valence-electron chi connectivity index (χ4n) is 1.41. The van der Waals surface area contributed by atoms with E-state index in [0.717, 1.165) is 5.92 Å². The number of hydrogen-bond donors (Lipinski definition) is 0. The van der Waals surface area contributed by atoms with E-state index in [0.29, 0.717) is 0 Å². The summed E-state index contributed by atoms with van der Waals surface area (Å²) in [7, 11) is 2.22. The summed E-state index contributed by atoms with van der Waals surface area (Å²) in [5.41, 5.74) is 0. The average Bonchev–Trinajstić information content (AvgIpc) is 1.97. The van der Waals surface area contributed by atoms with Crippen molar-refractivity contribution >= 4 is 0 Å². The van der Waals surface area contributed by atoms with Crippen molar-refractivity contribution in [1.29, 1.82) is 0 Å². The molecule has 0 N–H and O–H groups in total. The minimum Gasteiger partial charge on any atom is -0.306 e. The Kier molecular flexibility index (Phi) is 8.20. The van der Waals surface area contributed by atoms with E-state index in [-0.39, 0.29) is 14.9 Å². The van der Waals surface area contributed by atoms with E-state index in [1.165, 1.54) is 32.4 Å². The monoisotopic (exact) mass is 159 g/mol. The van der Waals surface area contributed by atoms with Crippen molar-refractivity contribution in [1.82, 2.24) is 4.90 Å². The number of likely N-dealkylation sites (tertiary alicyclic amines) is 1. The zero-order valence-electron chi connectivity index (χ0n) is 6.56. The summed E-state index contributed by atoms with van der Waals surface area (Å²) in [5.74, 6) is 0.968. The number of rotatable bonds is 0. The minimum atomic E-state index is 0. The van der Waals surface area contributed by atoms with Gasteiger partial charge in [0.1, 0.15) is 0 Å². The van der Waals surface area contributed by atoms with Crippen LogP contribution in [0.4, 0.5) is 0 Å². The summed E-state index contributed by atoms with van der Waals surface area (Å²) in [6.07, 6.45) is 4.23. The van der Waals surface area contributed by atoms with Crippen molar-refractivity contribution in [2.24, 2.45) is 5.92 Å². The predicted molar refractivity (Wildman–Crippen MR) is 54.0 cm³/mol. The Balaban J connectivity index is 0. The third kappa shape index (κ3) is 5.25. The molecule has 70 valence electrons. The van der Waals surface area contributed by atoms with Gasteiger partial charge in [-0.3, -0.25) is 0 Å². The van der Waals surface area contributed by atoms with Gasteiger partial charge in [0, 0.05) is 0 Å². The molecule has 1 rings (SSSR count). The van der Waals surface area contributed by atoms with Crippen LogP contribution in [0.25, 0.3) is 0 Å². The van der Waals surface area contributed by atoms with Gasteiger partial charge in [-0.1, -0.05) is 21.8 Å². The summed E-state index contributed by atoms with van der Waals surface area (Å²) in [6, 6.07) is 0. The van der Waals surface area contributed by atoms with Gasteiger partial charge < -0.3 is 4.90 Å². The SMILES string of the molecule is C.C.CC1CCCN(C)CC1. The third-order valence-electron chi connectivity index (χ3n) is 2.24. The van der Waals surface area contributed by atoms with Crippen LogP contribution < -0.4 is 0 Å². The molecule has 11 heavy (non-hydrogen) atoms. The Morgan fingerprint density at radius 2 is 1.73 bits per heavy atom. The van der Waals surface area contributed by atoms with Crippen molar-refractivity contribution in [3.05, 3.63) is 0 Å². The third-order valence-corrected chi connectivity index (χ3v) is 2.24. The van der Waals surface area contributed by atoms with Crippen molar-refractivity contribution in [3.63, 3.8) is 0 Å². The van der Waals surface area contributed by atoms with Crippen molar-refractivity contribution in [2.75, 3.05) is 20.1 Å². The van der Waals surface area contributed by atoms with Crippen LogP contribution in [-0.2, 0) is 0 Å². The highest BCUT2D eigenvalue weighted by Gasteiger charge is 2.09. The van der Waals surface area contributed by atoms with Gasteiger partial charge in [-0.15, -0.1) is 0 Å². The highest BCUT2D eigenvalue weighted by molar-refractivity contribution is 4.63. The summed E-state index contributed by atoms with van der Waals surface area (Å²) < 4.78 is 0. The molecule has 1 nitrogen and oxygen atoms in total. The Labute approximate surface area is 72.8 Å². The second-order valence-corrected chi connectivity index (χ2v) is 3.34. The number of hydrogen-bond acceptors (Lipinski definition) is 1. The van der Waals surface area contributed by atoms with Crippen molar-refractivity contribution < 1.29 is 0 Å². The molecule has 1 saturated heterocycles. The van der Waals surface area contributed by atoms with Crippen LogP contribution in [0.5, 0.6) is 0 Å². The van der Waals surface area contributed by atoms with E-state index >= 15 is 0 Å². The quantitative estimate of drug-likeness (QED) is 0.525. The highest BCUT2D eigenvalue weighted by Crippen LogP contribution is 2.14. The average molecular weight is 159 g/mol. The maximum absolute atomic E-state index is 2.43. The van der Waals surface area contributed by atoms with E-state index in [1.54, 1.807) is 0 Å². The lowest BCUT2D eigenvalue weighted by Crippen LogP contribution is -2.18. The van der Waals surface area contributed by atoms with E-state index in [9.17, 15) is 0 Å². The molecule has 0 saturated carbocycles. The molecule has 0 radical (unpaired) electrons. The molecule has 1 atom stereocenters. The lowest BCUT2D eigenvalue weighted by atomic mass is 10.0. The van der Waals surface area contributed by atoms with E-state index in [4.69, 9.17) is 0 Å². The molecule has 0 bridgehead atoms. The summed E-state index contributed by atoms with van der Waals surface area (Å²) in [6.45, 7) is 4.98. The predicted octanol–water partition coefficient (Wildman–Crippen LogP) is 3.01. The Bertz CT molecular complexity index is 70.9. The van der Waals surface area contributed by atoms with Crippen LogP contribution in [0.3, 0.4) is 0 Å². The van der Waals surface area contributed by atoms with E-state index in [2.05, 4.69) is 18.9 Å². The van der Waals surface area contributed by atoms with Gasteiger partial charge in [0.15, 0.2) is 0 Å². The zero-order chi connectivity index (χ0) is 6.69. The molecule has 0 amide bonds. The largest absolute Gasteiger partial charge is 0.306 e. The van der Waals surface area contributed by atoms with E-state index in [1.807, 2.05) is 0 Å². The lowest BCUT2D eigenvalue weighted by Gasteiger charge is -2.11. The molecule has 1 heteroatoms. The molecule has 1 aliphatic heterocycles. The van der Waals surface area contributed by atoms with Crippen LogP contribution in [-0.4, -0.2) is 25.0 Å².